The topological polar surface area (TPSA) is 86.8 Å². The molecule has 4 rings (SSSR count). The van der Waals surface area contributed by atoms with Crippen molar-refractivity contribution >= 4 is 27.5 Å². The number of aryl methyl sites for hydroxylation is 1. The maximum atomic E-state index is 13.4. The van der Waals surface area contributed by atoms with Crippen LogP contribution in [0.5, 0.6) is 0 Å². The van der Waals surface area contributed by atoms with Gasteiger partial charge in [-0.3, -0.25) is 9.59 Å². The van der Waals surface area contributed by atoms with Crippen LogP contribution in [-0.4, -0.2) is 50.7 Å². The fraction of sp³-hybridized carbons (Fsp3) is 0.600. The van der Waals surface area contributed by atoms with Gasteiger partial charge in [-0.05, 0) is 81.5 Å². The zero-order valence-corrected chi connectivity index (χ0v) is 20.3. The number of amides is 2. The molecule has 0 spiro atoms. The highest BCUT2D eigenvalue weighted by atomic mass is 32.2. The van der Waals surface area contributed by atoms with Crippen LogP contribution in [0, 0.1) is 5.92 Å². The lowest BCUT2D eigenvalue weighted by molar-refractivity contribution is -0.126. The lowest BCUT2D eigenvalue weighted by Crippen LogP contribution is -2.45. The summed E-state index contributed by atoms with van der Waals surface area (Å²) >= 11 is 0. The number of sulfonamides is 1. The molecule has 3 aliphatic rings. The molecule has 33 heavy (non-hydrogen) atoms. The minimum absolute atomic E-state index is 0.0313. The van der Waals surface area contributed by atoms with Crippen molar-refractivity contribution in [3.05, 3.63) is 35.4 Å². The average Bonchev–Trinajstić information content (AvgIpc) is 2.84. The Morgan fingerprint density at radius 1 is 1.09 bits per heavy atom. The van der Waals surface area contributed by atoms with Crippen molar-refractivity contribution < 1.29 is 18.0 Å². The monoisotopic (exact) mass is 473 g/mol. The number of allylic oxidation sites excluding steroid dienone is 1. The Morgan fingerprint density at radius 2 is 1.94 bits per heavy atom. The molecule has 1 aliphatic carbocycles. The summed E-state index contributed by atoms with van der Waals surface area (Å²) in [4.78, 5) is 26.6. The SMILES string of the molecule is CC(=O)N1CCCc2cc(S(=O)(=O)N3CCC[C@H](C(=O)NCCC4=CCCCC4)C3)ccc21. The van der Waals surface area contributed by atoms with Gasteiger partial charge in [-0.1, -0.05) is 11.6 Å². The van der Waals surface area contributed by atoms with Crippen LogP contribution in [0.3, 0.4) is 0 Å². The van der Waals surface area contributed by atoms with Gasteiger partial charge < -0.3 is 10.2 Å². The first-order valence-corrected chi connectivity index (χ1v) is 13.7. The van der Waals surface area contributed by atoms with Crippen molar-refractivity contribution in [2.75, 3.05) is 31.1 Å². The summed E-state index contributed by atoms with van der Waals surface area (Å²) in [7, 11) is -3.70. The fourth-order valence-corrected chi connectivity index (χ4v) is 6.78. The molecule has 0 radical (unpaired) electrons. The van der Waals surface area contributed by atoms with Gasteiger partial charge in [0.2, 0.25) is 21.8 Å². The van der Waals surface area contributed by atoms with Crippen molar-refractivity contribution in [2.45, 2.75) is 69.6 Å². The molecule has 1 N–H and O–H groups in total. The highest BCUT2D eigenvalue weighted by Crippen LogP contribution is 2.32. The molecular formula is C25H35N3O4S. The number of nitrogens with zero attached hydrogens (tertiary/aromatic N) is 2. The van der Waals surface area contributed by atoms with Crippen molar-refractivity contribution in [1.29, 1.82) is 0 Å². The van der Waals surface area contributed by atoms with Crippen molar-refractivity contribution in [3.8, 4) is 0 Å². The molecule has 1 aromatic carbocycles. The number of rotatable bonds is 6. The number of hydrogen-bond acceptors (Lipinski definition) is 4. The Morgan fingerprint density at radius 3 is 2.70 bits per heavy atom. The van der Waals surface area contributed by atoms with E-state index in [2.05, 4.69) is 11.4 Å². The van der Waals surface area contributed by atoms with Crippen LogP contribution in [0.4, 0.5) is 5.69 Å². The van der Waals surface area contributed by atoms with E-state index in [1.807, 2.05) is 0 Å². The fourth-order valence-electron chi connectivity index (χ4n) is 5.21. The highest BCUT2D eigenvalue weighted by molar-refractivity contribution is 7.89. The summed E-state index contributed by atoms with van der Waals surface area (Å²) in [5, 5.41) is 3.03. The quantitative estimate of drug-likeness (QED) is 0.642. The molecule has 2 aliphatic heterocycles. The Bertz CT molecular complexity index is 1030. The molecule has 0 aromatic heterocycles. The minimum Gasteiger partial charge on any atom is -0.356 e. The lowest BCUT2D eigenvalue weighted by Gasteiger charge is -2.32. The number of carbonyl (C=O) groups excluding carboxylic acids is 2. The summed E-state index contributed by atoms with van der Waals surface area (Å²) in [6.07, 6.45) is 10.9. The molecule has 0 bridgehead atoms. The van der Waals surface area contributed by atoms with Gasteiger partial charge in [-0.2, -0.15) is 4.31 Å². The predicted molar refractivity (Wildman–Crippen MR) is 128 cm³/mol. The van der Waals surface area contributed by atoms with E-state index in [1.165, 1.54) is 29.6 Å². The smallest absolute Gasteiger partial charge is 0.243 e. The Balaban J connectivity index is 1.40. The molecule has 7 nitrogen and oxygen atoms in total. The van der Waals surface area contributed by atoms with Gasteiger partial charge in [-0.15, -0.1) is 0 Å². The lowest BCUT2D eigenvalue weighted by atomic mass is 9.96. The van der Waals surface area contributed by atoms with Crippen LogP contribution in [0.2, 0.25) is 0 Å². The molecule has 0 saturated carbocycles. The zero-order chi connectivity index (χ0) is 23.4. The van der Waals surface area contributed by atoms with Gasteiger partial charge in [0.25, 0.3) is 0 Å². The third kappa shape index (κ3) is 5.49. The van der Waals surface area contributed by atoms with E-state index >= 15 is 0 Å². The molecule has 8 heteroatoms. The molecule has 2 heterocycles. The summed E-state index contributed by atoms with van der Waals surface area (Å²) in [5.74, 6) is -0.398. The largest absolute Gasteiger partial charge is 0.356 e. The third-order valence-corrected chi connectivity index (χ3v) is 8.93. The molecule has 1 saturated heterocycles. The maximum absolute atomic E-state index is 13.4. The first kappa shape index (κ1) is 24.0. The first-order valence-electron chi connectivity index (χ1n) is 12.2. The number of nitrogens with one attached hydrogen (secondary N) is 1. The molecule has 1 fully saturated rings. The van der Waals surface area contributed by atoms with Crippen molar-refractivity contribution in [3.63, 3.8) is 0 Å². The summed E-state index contributed by atoms with van der Waals surface area (Å²) in [6.45, 7) is 3.45. The number of benzene rings is 1. The second-order valence-electron chi connectivity index (χ2n) is 9.42. The number of hydrogen-bond donors (Lipinski definition) is 1. The number of piperidine rings is 1. The number of carbonyl (C=O) groups is 2. The standard InChI is InChI=1S/C25H35N3O4S/c1-19(29)28-16-6-9-21-17-23(11-12-24(21)28)33(31,32)27-15-5-10-22(18-27)25(30)26-14-13-20-7-3-2-4-8-20/h7,11-12,17,22H,2-6,8-10,13-16,18H2,1H3,(H,26,30)/t22-/m0/s1. The van der Waals surface area contributed by atoms with Crippen LogP contribution >= 0.6 is 0 Å². The normalized spacial score (nSPS) is 21.8. The van der Waals surface area contributed by atoms with Gasteiger partial charge in [0.15, 0.2) is 0 Å². The summed E-state index contributed by atoms with van der Waals surface area (Å²) in [5.41, 5.74) is 3.11. The maximum Gasteiger partial charge on any atom is 0.243 e. The first-order chi connectivity index (χ1) is 15.9. The van der Waals surface area contributed by atoms with Crippen LogP contribution in [-0.2, 0) is 26.0 Å². The van der Waals surface area contributed by atoms with Crippen LogP contribution in [0.1, 0.15) is 63.9 Å². The average molecular weight is 474 g/mol. The second-order valence-corrected chi connectivity index (χ2v) is 11.4. The molecule has 0 unspecified atom stereocenters. The van der Waals surface area contributed by atoms with Gasteiger partial charge in [-0.25, -0.2) is 8.42 Å². The highest BCUT2D eigenvalue weighted by Gasteiger charge is 2.34. The van der Waals surface area contributed by atoms with Gasteiger partial charge in [0.1, 0.15) is 0 Å². The minimum atomic E-state index is -3.70. The Hall–Kier alpha value is -2.19. The predicted octanol–water partition coefficient (Wildman–Crippen LogP) is 3.39. The zero-order valence-electron chi connectivity index (χ0n) is 19.5. The van der Waals surface area contributed by atoms with Crippen LogP contribution < -0.4 is 10.2 Å². The van der Waals surface area contributed by atoms with Crippen molar-refractivity contribution in [1.82, 2.24) is 9.62 Å². The van der Waals surface area contributed by atoms with Gasteiger partial charge in [0, 0.05) is 38.8 Å². The Labute approximate surface area is 197 Å². The van der Waals surface area contributed by atoms with E-state index in [4.69, 9.17) is 0 Å². The molecule has 2 amide bonds. The third-order valence-electron chi connectivity index (χ3n) is 7.07. The van der Waals surface area contributed by atoms with E-state index in [0.29, 0.717) is 32.5 Å². The molecule has 1 aromatic rings. The number of anilines is 1. The second kappa shape index (κ2) is 10.4. The molecule has 1 atom stereocenters. The van der Waals surface area contributed by atoms with Gasteiger partial charge in [0.05, 0.1) is 10.8 Å². The Kier molecular flexibility index (Phi) is 7.54. The summed E-state index contributed by atoms with van der Waals surface area (Å²) in [6, 6.07) is 5.05. The van der Waals surface area contributed by atoms with Gasteiger partial charge >= 0.3 is 0 Å². The molecule has 180 valence electrons. The summed E-state index contributed by atoms with van der Waals surface area (Å²) < 4.78 is 28.2. The van der Waals surface area contributed by atoms with E-state index in [9.17, 15) is 18.0 Å². The van der Waals surface area contributed by atoms with E-state index < -0.39 is 10.0 Å². The number of fused-ring (bicyclic) bond motifs is 1. The van der Waals surface area contributed by atoms with Crippen LogP contribution in [0.25, 0.3) is 0 Å². The van der Waals surface area contributed by atoms with Crippen molar-refractivity contribution in [2.24, 2.45) is 5.92 Å². The van der Waals surface area contributed by atoms with E-state index in [0.717, 1.165) is 43.4 Å². The van der Waals surface area contributed by atoms with E-state index in [-0.39, 0.29) is 29.2 Å². The van der Waals surface area contributed by atoms with E-state index in [1.54, 1.807) is 23.1 Å². The van der Waals surface area contributed by atoms with Crippen LogP contribution in [0.15, 0.2) is 34.7 Å². The molecular weight excluding hydrogens is 438 g/mol.